The van der Waals surface area contributed by atoms with E-state index in [4.69, 9.17) is 5.73 Å². The van der Waals surface area contributed by atoms with E-state index in [1.165, 1.54) is 0 Å². The molecule has 0 saturated heterocycles. The minimum Gasteiger partial charge on any atom is -0.382 e. The largest absolute Gasteiger partial charge is 0.382 e. The molecule has 5 nitrogen and oxygen atoms in total. The maximum Gasteiger partial charge on any atom is 0.271 e. The van der Waals surface area contributed by atoms with E-state index in [0.717, 1.165) is 13.1 Å². The Morgan fingerprint density at radius 1 is 1.35 bits per heavy atom. The number of hydrogen-bond acceptors (Lipinski definition) is 3. The van der Waals surface area contributed by atoms with Crippen molar-refractivity contribution in [2.24, 2.45) is 11.8 Å². The zero-order valence-corrected chi connectivity index (χ0v) is 11.0. The molecule has 0 unspecified atom stereocenters. The normalized spacial score (nSPS) is 11.2. The Labute approximate surface area is 102 Å². The smallest absolute Gasteiger partial charge is 0.271 e. The van der Waals surface area contributed by atoms with Gasteiger partial charge in [0, 0.05) is 19.2 Å². The monoisotopic (exact) mass is 238 g/mol. The lowest BCUT2D eigenvalue weighted by Gasteiger charge is -2.25. The molecule has 0 aliphatic carbocycles. The van der Waals surface area contributed by atoms with E-state index in [9.17, 15) is 4.79 Å². The van der Waals surface area contributed by atoms with E-state index in [-0.39, 0.29) is 5.91 Å². The van der Waals surface area contributed by atoms with Crippen LogP contribution < -0.4 is 5.73 Å². The zero-order chi connectivity index (χ0) is 13.0. The van der Waals surface area contributed by atoms with Crippen molar-refractivity contribution in [1.29, 1.82) is 0 Å². The van der Waals surface area contributed by atoms with E-state index >= 15 is 0 Å². The van der Waals surface area contributed by atoms with Crippen LogP contribution in [0.3, 0.4) is 0 Å². The van der Waals surface area contributed by atoms with Crippen LogP contribution in [-0.2, 0) is 0 Å². The average molecular weight is 238 g/mol. The van der Waals surface area contributed by atoms with Gasteiger partial charge in [0.25, 0.3) is 5.91 Å². The van der Waals surface area contributed by atoms with Gasteiger partial charge in [0.1, 0.15) is 11.5 Å². The number of carbonyl (C=O) groups excluding carboxylic acids is 1. The lowest BCUT2D eigenvalue weighted by atomic mass is 10.1. The van der Waals surface area contributed by atoms with Crippen molar-refractivity contribution in [3.8, 4) is 0 Å². The van der Waals surface area contributed by atoms with E-state index < -0.39 is 0 Å². The Balaban J connectivity index is 2.78. The van der Waals surface area contributed by atoms with Crippen LogP contribution in [0, 0.1) is 11.8 Å². The molecule has 1 amide bonds. The Morgan fingerprint density at radius 2 is 1.88 bits per heavy atom. The van der Waals surface area contributed by atoms with Gasteiger partial charge in [-0.3, -0.25) is 9.89 Å². The minimum absolute atomic E-state index is 0.0309. The molecule has 0 atom stereocenters. The first-order valence-electron chi connectivity index (χ1n) is 6.00. The predicted molar refractivity (Wildman–Crippen MR) is 68.6 cm³/mol. The van der Waals surface area contributed by atoms with Crippen molar-refractivity contribution in [3.63, 3.8) is 0 Å². The van der Waals surface area contributed by atoms with E-state index in [1.54, 1.807) is 6.07 Å². The third-order valence-corrected chi connectivity index (χ3v) is 2.29. The van der Waals surface area contributed by atoms with Gasteiger partial charge >= 0.3 is 0 Å². The topological polar surface area (TPSA) is 75.0 Å². The van der Waals surface area contributed by atoms with Crippen LogP contribution in [0.5, 0.6) is 0 Å². The molecule has 1 rings (SSSR count). The van der Waals surface area contributed by atoms with Crippen LogP contribution in [0.1, 0.15) is 38.2 Å². The van der Waals surface area contributed by atoms with Crippen molar-refractivity contribution >= 4 is 11.7 Å². The van der Waals surface area contributed by atoms with Crippen LogP contribution in [0.25, 0.3) is 0 Å². The Morgan fingerprint density at radius 3 is 2.24 bits per heavy atom. The number of rotatable bonds is 5. The highest BCUT2D eigenvalue weighted by atomic mass is 16.2. The van der Waals surface area contributed by atoms with Crippen molar-refractivity contribution in [1.82, 2.24) is 15.1 Å². The molecule has 1 aromatic rings. The number of nitrogens with one attached hydrogen (secondary N) is 1. The molecule has 96 valence electrons. The summed E-state index contributed by atoms with van der Waals surface area (Å²) in [5.41, 5.74) is 5.97. The summed E-state index contributed by atoms with van der Waals surface area (Å²) in [6.45, 7) is 9.89. The molecule has 0 aliphatic heterocycles. The third kappa shape index (κ3) is 4.09. The summed E-state index contributed by atoms with van der Waals surface area (Å²) in [5, 5.41) is 6.45. The van der Waals surface area contributed by atoms with Gasteiger partial charge in [0.05, 0.1) is 0 Å². The van der Waals surface area contributed by atoms with Gasteiger partial charge in [-0.1, -0.05) is 27.7 Å². The van der Waals surface area contributed by atoms with Crippen LogP contribution >= 0.6 is 0 Å². The van der Waals surface area contributed by atoms with Gasteiger partial charge < -0.3 is 10.6 Å². The fourth-order valence-electron chi connectivity index (χ4n) is 1.74. The number of aromatic amines is 1. The highest BCUT2D eigenvalue weighted by molar-refractivity contribution is 5.93. The SMILES string of the molecule is CC(C)CN(CC(C)C)C(=O)c1cc(N)n[nH]1. The Hall–Kier alpha value is -1.52. The van der Waals surface area contributed by atoms with Gasteiger partial charge in [0.2, 0.25) is 0 Å². The molecule has 5 heteroatoms. The number of amides is 1. The molecule has 1 aromatic heterocycles. The molecular formula is C12H22N4O. The fraction of sp³-hybridized carbons (Fsp3) is 0.667. The molecule has 3 N–H and O–H groups in total. The van der Waals surface area contributed by atoms with Crippen molar-refractivity contribution < 1.29 is 4.79 Å². The van der Waals surface area contributed by atoms with Crippen molar-refractivity contribution in [2.75, 3.05) is 18.8 Å². The first-order chi connectivity index (χ1) is 7.90. The molecular weight excluding hydrogens is 216 g/mol. The summed E-state index contributed by atoms with van der Waals surface area (Å²) < 4.78 is 0. The number of anilines is 1. The third-order valence-electron chi connectivity index (χ3n) is 2.29. The van der Waals surface area contributed by atoms with Crippen molar-refractivity contribution in [2.45, 2.75) is 27.7 Å². The fourth-order valence-corrected chi connectivity index (χ4v) is 1.74. The summed E-state index contributed by atoms with van der Waals surface area (Å²) in [7, 11) is 0. The highest BCUT2D eigenvalue weighted by Gasteiger charge is 2.19. The summed E-state index contributed by atoms with van der Waals surface area (Å²) in [6, 6.07) is 1.58. The lowest BCUT2D eigenvalue weighted by Crippen LogP contribution is -2.37. The van der Waals surface area contributed by atoms with Crippen molar-refractivity contribution in [3.05, 3.63) is 11.8 Å². The van der Waals surface area contributed by atoms with E-state index in [0.29, 0.717) is 23.3 Å². The average Bonchev–Trinajstić information content (AvgIpc) is 2.61. The quantitative estimate of drug-likeness (QED) is 0.820. The number of nitrogens with zero attached hydrogens (tertiary/aromatic N) is 2. The minimum atomic E-state index is -0.0309. The number of aromatic nitrogens is 2. The number of nitrogen functional groups attached to an aromatic ring is 1. The van der Waals surface area contributed by atoms with Gasteiger partial charge in [-0.2, -0.15) is 5.10 Å². The Bertz CT molecular complexity index is 360. The molecule has 0 saturated carbocycles. The predicted octanol–water partition coefficient (Wildman–Crippen LogP) is 1.75. The van der Waals surface area contributed by atoms with Crippen LogP contribution in [0.2, 0.25) is 0 Å². The second kappa shape index (κ2) is 5.70. The van der Waals surface area contributed by atoms with Crippen LogP contribution in [0.15, 0.2) is 6.07 Å². The maximum atomic E-state index is 12.2. The Kier molecular flexibility index (Phi) is 4.54. The van der Waals surface area contributed by atoms with Gasteiger partial charge in [0.15, 0.2) is 0 Å². The number of H-pyrrole nitrogens is 1. The second-order valence-corrected chi connectivity index (χ2v) is 5.20. The summed E-state index contributed by atoms with van der Waals surface area (Å²) >= 11 is 0. The van der Waals surface area contributed by atoms with Crippen LogP contribution in [0.4, 0.5) is 5.82 Å². The maximum absolute atomic E-state index is 12.2. The molecule has 0 radical (unpaired) electrons. The molecule has 0 aromatic carbocycles. The first-order valence-corrected chi connectivity index (χ1v) is 6.00. The molecule has 1 heterocycles. The molecule has 0 spiro atoms. The molecule has 0 bridgehead atoms. The van der Waals surface area contributed by atoms with E-state index in [2.05, 4.69) is 37.9 Å². The zero-order valence-electron chi connectivity index (χ0n) is 11.0. The molecule has 0 aliphatic rings. The first kappa shape index (κ1) is 13.5. The standard InChI is InChI=1S/C12H22N4O/c1-8(2)6-16(7-9(3)4)12(17)10-5-11(13)15-14-10/h5,8-9H,6-7H2,1-4H3,(H3,13,14,15). The molecule has 17 heavy (non-hydrogen) atoms. The highest BCUT2D eigenvalue weighted by Crippen LogP contribution is 2.10. The van der Waals surface area contributed by atoms with Gasteiger partial charge in [-0.05, 0) is 11.8 Å². The summed E-state index contributed by atoms with van der Waals surface area (Å²) in [5.74, 6) is 1.20. The van der Waals surface area contributed by atoms with Crippen LogP contribution in [-0.4, -0.2) is 34.1 Å². The summed E-state index contributed by atoms with van der Waals surface area (Å²) in [6.07, 6.45) is 0. The number of hydrogen-bond donors (Lipinski definition) is 2. The van der Waals surface area contributed by atoms with Gasteiger partial charge in [-0.15, -0.1) is 0 Å². The lowest BCUT2D eigenvalue weighted by molar-refractivity contribution is 0.0709. The summed E-state index contributed by atoms with van der Waals surface area (Å²) in [4.78, 5) is 14.1. The van der Waals surface area contributed by atoms with Gasteiger partial charge in [-0.25, -0.2) is 0 Å². The molecule has 0 fully saturated rings. The number of nitrogens with two attached hydrogens (primary N) is 1. The second-order valence-electron chi connectivity index (χ2n) is 5.20. The number of carbonyl (C=O) groups is 1. The van der Waals surface area contributed by atoms with E-state index in [1.807, 2.05) is 4.90 Å².